The fourth-order valence-corrected chi connectivity index (χ4v) is 2.61. The first-order valence-corrected chi connectivity index (χ1v) is 8.73. The number of halogens is 2. The van der Waals surface area contributed by atoms with Crippen molar-refractivity contribution in [1.29, 1.82) is 0 Å². The van der Waals surface area contributed by atoms with Crippen molar-refractivity contribution in [3.8, 4) is 0 Å². The molecule has 23 heavy (non-hydrogen) atoms. The quantitative estimate of drug-likeness (QED) is 0.674. The summed E-state index contributed by atoms with van der Waals surface area (Å²) in [6.07, 6.45) is 1.37. The molecule has 0 aliphatic rings. The van der Waals surface area contributed by atoms with Crippen LogP contribution in [0.4, 0.5) is 5.69 Å². The first-order valence-electron chi connectivity index (χ1n) is 7.56. The van der Waals surface area contributed by atoms with Gasteiger partial charge in [0.25, 0.3) is 0 Å². The molecule has 0 unspecified atom stereocenters. The third kappa shape index (κ3) is 6.34. The number of hydrogen-bond acceptors (Lipinski definition) is 2. The second-order valence-corrected chi connectivity index (χ2v) is 6.68. The Bertz CT molecular complexity index is 659. The average Bonchev–Trinajstić information content (AvgIpc) is 2.52. The summed E-state index contributed by atoms with van der Waals surface area (Å²) in [5, 5.41) is 6.93. The van der Waals surface area contributed by atoms with E-state index in [0.717, 1.165) is 33.7 Å². The van der Waals surface area contributed by atoms with Gasteiger partial charge in [-0.3, -0.25) is 4.79 Å². The highest BCUT2D eigenvalue weighted by molar-refractivity contribution is 9.10. The summed E-state index contributed by atoms with van der Waals surface area (Å²) in [6.45, 7) is 3.51. The molecule has 0 saturated carbocycles. The fourth-order valence-electron chi connectivity index (χ4n) is 2.10. The van der Waals surface area contributed by atoms with E-state index in [9.17, 15) is 4.79 Å². The highest BCUT2D eigenvalue weighted by Gasteiger charge is 2.03. The lowest BCUT2D eigenvalue weighted by Gasteiger charge is -2.08. The Hall–Kier alpha value is -1.36. The van der Waals surface area contributed by atoms with Crippen LogP contribution in [0.1, 0.15) is 17.5 Å². The Morgan fingerprint density at radius 3 is 2.57 bits per heavy atom. The van der Waals surface area contributed by atoms with Gasteiger partial charge in [0.15, 0.2) is 0 Å². The number of aryl methyl sites for hydroxylation is 1. The fraction of sp³-hybridized carbons (Fsp3) is 0.278. The first-order chi connectivity index (χ1) is 11.0. The van der Waals surface area contributed by atoms with Crippen LogP contribution in [-0.2, 0) is 11.2 Å². The number of amides is 1. The number of anilines is 1. The normalized spacial score (nSPS) is 10.6. The third-order valence-corrected chi connectivity index (χ3v) is 4.59. The maximum Gasteiger partial charge on any atom is 0.225 e. The smallest absolute Gasteiger partial charge is 0.225 e. The summed E-state index contributed by atoms with van der Waals surface area (Å²) in [7, 11) is 0. The molecule has 2 rings (SSSR count). The lowest BCUT2D eigenvalue weighted by molar-refractivity contribution is -0.116. The van der Waals surface area contributed by atoms with E-state index < -0.39 is 0 Å². The Balaban J connectivity index is 1.64. The van der Waals surface area contributed by atoms with Gasteiger partial charge in [-0.15, -0.1) is 0 Å². The molecule has 5 heteroatoms. The summed E-state index contributed by atoms with van der Waals surface area (Å²) in [5.41, 5.74) is 3.19. The second kappa shape index (κ2) is 9.06. The Labute approximate surface area is 150 Å². The molecule has 0 saturated heterocycles. The van der Waals surface area contributed by atoms with Crippen LogP contribution >= 0.6 is 27.5 Å². The number of carbonyl (C=O) groups excluding carboxylic acids is 1. The van der Waals surface area contributed by atoms with Crippen molar-refractivity contribution in [2.24, 2.45) is 0 Å². The molecule has 122 valence electrons. The molecule has 1 amide bonds. The largest absolute Gasteiger partial charge is 0.326 e. The predicted octanol–water partition coefficient (Wildman–Crippen LogP) is 4.57. The lowest BCUT2D eigenvalue weighted by Crippen LogP contribution is -2.23. The molecule has 0 heterocycles. The van der Waals surface area contributed by atoms with Gasteiger partial charge in [-0.2, -0.15) is 0 Å². The number of benzene rings is 2. The molecule has 2 aromatic carbocycles. The van der Waals surface area contributed by atoms with Gasteiger partial charge in [-0.1, -0.05) is 45.7 Å². The van der Waals surface area contributed by atoms with Crippen molar-refractivity contribution < 1.29 is 4.79 Å². The van der Waals surface area contributed by atoms with Crippen LogP contribution < -0.4 is 10.6 Å². The van der Waals surface area contributed by atoms with Gasteiger partial charge < -0.3 is 10.6 Å². The maximum absolute atomic E-state index is 11.9. The number of nitrogens with one attached hydrogen (secondary N) is 2. The van der Waals surface area contributed by atoms with Gasteiger partial charge in [-0.25, -0.2) is 0 Å². The molecule has 0 aliphatic carbocycles. The molecule has 0 fully saturated rings. The van der Waals surface area contributed by atoms with E-state index in [1.54, 1.807) is 0 Å². The van der Waals surface area contributed by atoms with Crippen LogP contribution in [-0.4, -0.2) is 19.0 Å². The summed E-state index contributed by atoms with van der Waals surface area (Å²) >= 11 is 9.32. The highest BCUT2D eigenvalue weighted by atomic mass is 79.9. The van der Waals surface area contributed by atoms with Gasteiger partial charge in [0.1, 0.15) is 0 Å². The Morgan fingerprint density at radius 1 is 1.13 bits per heavy atom. The van der Waals surface area contributed by atoms with E-state index >= 15 is 0 Å². The minimum absolute atomic E-state index is 0.0137. The molecule has 0 aliphatic heterocycles. The van der Waals surface area contributed by atoms with Crippen LogP contribution in [0.2, 0.25) is 5.02 Å². The van der Waals surface area contributed by atoms with E-state index in [-0.39, 0.29) is 5.91 Å². The summed E-state index contributed by atoms with van der Waals surface area (Å²) in [6, 6.07) is 13.6. The van der Waals surface area contributed by atoms with Gasteiger partial charge >= 0.3 is 0 Å². The molecule has 3 nitrogen and oxygen atoms in total. The molecule has 2 aromatic rings. The zero-order chi connectivity index (χ0) is 16.7. The number of hydrogen-bond donors (Lipinski definition) is 2. The van der Waals surface area contributed by atoms with Gasteiger partial charge in [-0.05, 0) is 55.3 Å². The third-order valence-electron chi connectivity index (χ3n) is 3.49. The average molecular weight is 396 g/mol. The molecule has 0 aromatic heterocycles. The van der Waals surface area contributed by atoms with E-state index in [1.165, 1.54) is 5.56 Å². The second-order valence-electron chi connectivity index (χ2n) is 5.39. The topological polar surface area (TPSA) is 41.1 Å². The van der Waals surface area contributed by atoms with Crippen molar-refractivity contribution in [2.75, 3.05) is 18.4 Å². The molecular weight excluding hydrogens is 376 g/mol. The van der Waals surface area contributed by atoms with Crippen molar-refractivity contribution in [1.82, 2.24) is 5.32 Å². The number of carbonyl (C=O) groups is 1. The highest BCUT2D eigenvalue weighted by Crippen LogP contribution is 2.20. The summed E-state index contributed by atoms with van der Waals surface area (Å²) < 4.78 is 0.997. The number of rotatable bonds is 7. The van der Waals surface area contributed by atoms with E-state index in [2.05, 4.69) is 26.6 Å². The van der Waals surface area contributed by atoms with Crippen LogP contribution in [0, 0.1) is 6.92 Å². The maximum atomic E-state index is 11.9. The van der Waals surface area contributed by atoms with Crippen LogP contribution in [0.5, 0.6) is 0 Å². The van der Waals surface area contributed by atoms with Gasteiger partial charge in [0.2, 0.25) is 5.91 Å². The van der Waals surface area contributed by atoms with Crippen molar-refractivity contribution >= 4 is 39.1 Å². The molecule has 2 N–H and O–H groups in total. The molecule has 0 radical (unpaired) electrons. The SMILES string of the molecule is Cc1ccc(NC(=O)CCNCCc2ccc(Cl)cc2)cc1Br. The standard InChI is InChI=1S/C18H20BrClN2O/c1-13-2-7-16(12-17(13)19)22-18(23)9-11-21-10-8-14-3-5-15(20)6-4-14/h2-7,12,21H,8-11H2,1H3,(H,22,23). The van der Waals surface area contributed by atoms with Crippen LogP contribution in [0.15, 0.2) is 46.9 Å². The summed E-state index contributed by atoms with van der Waals surface area (Å²) in [4.78, 5) is 11.9. The van der Waals surface area contributed by atoms with Crippen molar-refractivity contribution in [3.63, 3.8) is 0 Å². The van der Waals surface area contributed by atoms with E-state index in [0.29, 0.717) is 13.0 Å². The molecule has 0 bridgehead atoms. The van der Waals surface area contributed by atoms with Crippen LogP contribution in [0.3, 0.4) is 0 Å². The molecule has 0 atom stereocenters. The monoisotopic (exact) mass is 394 g/mol. The predicted molar refractivity (Wildman–Crippen MR) is 100 cm³/mol. The van der Waals surface area contributed by atoms with Gasteiger partial charge in [0, 0.05) is 28.1 Å². The summed E-state index contributed by atoms with van der Waals surface area (Å²) in [5.74, 6) is 0.0137. The van der Waals surface area contributed by atoms with Crippen LogP contribution in [0.25, 0.3) is 0 Å². The van der Waals surface area contributed by atoms with Crippen molar-refractivity contribution in [2.45, 2.75) is 19.8 Å². The zero-order valence-electron chi connectivity index (χ0n) is 13.0. The zero-order valence-corrected chi connectivity index (χ0v) is 15.4. The molecular formula is C18H20BrClN2O. The van der Waals surface area contributed by atoms with E-state index in [4.69, 9.17) is 11.6 Å². The Morgan fingerprint density at radius 2 is 1.87 bits per heavy atom. The van der Waals surface area contributed by atoms with Crippen molar-refractivity contribution in [3.05, 3.63) is 63.1 Å². The lowest BCUT2D eigenvalue weighted by atomic mass is 10.1. The minimum Gasteiger partial charge on any atom is -0.326 e. The molecule has 0 spiro atoms. The van der Waals surface area contributed by atoms with E-state index in [1.807, 2.05) is 49.4 Å². The Kier molecular flexibility index (Phi) is 7.09. The minimum atomic E-state index is 0.0137. The first kappa shape index (κ1) is 18.0. The van der Waals surface area contributed by atoms with Gasteiger partial charge in [0.05, 0.1) is 0 Å².